The zero-order valence-electron chi connectivity index (χ0n) is 6.70. The molecular weight excluding hydrogens is 236 g/mol. The van der Waals surface area contributed by atoms with E-state index in [-0.39, 0.29) is 57.3 Å². The van der Waals surface area contributed by atoms with Gasteiger partial charge in [0.15, 0.2) is 0 Å². The van der Waals surface area contributed by atoms with Gasteiger partial charge >= 0.3 is 0 Å². The second-order valence-corrected chi connectivity index (χ2v) is 1.57. The molecule has 0 aromatic carbocycles. The van der Waals surface area contributed by atoms with Crippen LogP contribution in [0, 0.1) is 10.8 Å². The fourth-order valence-corrected chi connectivity index (χ4v) is 0.187. The molecular formula is C12H36N2O4. The summed E-state index contributed by atoms with van der Waals surface area (Å²) in [6, 6.07) is 0. The second-order valence-electron chi connectivity index (χ2n) is 1.57. The lowest BCUT2D eigenvalue weighted by Crippen LogP contribution is -2.00. The number of aliphatic hydroxyl groups is 2. The number of aliphatic hydroxyl groups excluding tert-OH is 2. The second kappa shape index (κ2) is 105. The molecule has 0 radical (unpaired) electrons. The van der Waals surface area contributed by atoms with Gasteiger partial charge in [-0.15, -0.1) is 0 Å². The van der Waals surface area contributed by atoms with Gasteiger partial charge in [-0.05, 0) is 13.3 Å². The minimum atomic E-state index is -0.352. The molecule has 0 aliphatic carbocycles. The molecule has 0 fully saturated rings. The van der Waals surface area contributed by atoms with Gasteiger partial charge in [-0.2, -0.15) is 0 Å². The molecule has 0 amide bonds. The van der Waals surface area contributed by atoms with E-state index in [0.29, 0.717) is 6.42 Å². The Kier molecular flexibility index (Phi) is 405. The minimum Gasteiger partial charge on any atom is -0.396 e. The lowest BCUT2D eigenvalue weighted by Gasteiger charge is -1.95. The van der Waals surface area contributed by atoms with Crippen molar-refractivity contribution in [2.24, 2.45) is 0 Å². The highest BCUT2D eigenvalue weighted by atomic mass is 16.3. The van der Waals surface area contributed by atoms with Gasteiger partial charge in [0.2, 0.25) is 12.2 Å². The molecule has 18 heavy (non-hydrogen) atoms. The SMILES string of the molecule is C.C.C.C.C.C.CC(O)CCO.N=C=O.N=C=O. The van der Waals surface area contributed by atoms with Gasteiger partial charge in [-0.3, -0.25) is 0 Å². The van der Waals surface area contributed by atoms with Crippen molar-refractivity contribution in [3.63, 3.8) is 0 Å². The van der Waals surface area contributed by atoms with E-state index in [9.17, 15) is 0 Å². The van der Waals surface area contributed by atoms with Crippen LogP contribution in [0.15, 0.2) is 0 Å². The first-order valence-electron chi connectivity index (χ1n) is 2.97. The van der Waals surface area contributed by atoms with Crippen molar-refractivity contribution in [2.75, 3.05) is 6.61 Å². The van der Waals surface area contributed by atoms with Crippen LogP contribution in [0.5, 0.6) is 0 Å². The smallest absolute Gasteiger partial charge is 0.231 e. The Balaban J connectivity index is -0.00000000879. The Morgan fingerprint density at radius 2 is 1.11 bits per heavy atom. The maximum Gasteiger partial charge on any atom is 0.231 e. The van der Waals surface area contributed by atoms with E-state index in [4.69, 9.17) is 30.6 Å². The van der Waals surface area contributed by atoms with Gasteiger partial charge in [0.1, 0.15) is 0 Å². The molecule has 0 aliphatic heterocycles. The van der Waals surface area contributed by atoms with Gasteiger partial charge in [0.25, 0.3) is 0 Å². The molecule has 0 aromatic rings. The molecule has 4 N–H and O–H groups in total. The molecule has 0 saturated carbocycles. The lowest BCUT2D eigenvalue weighted by atomic mass is 10.3. The van der Waals surface area contributed by atoms with Crippen molar-refractivity contribution in [1.29, 1.82) is 10.8 Å². The lowest BCUT2D eigenvalue weighted by molar-refractivity contribution is 0.148. The predicted octanol–water partition coefficient (Wildman–Crippen LogP) is 3.37. The highest BCUT2D eigenvalue weighted by molar-refractivity contribution is 5.26. The van der Waals surface area contributed by atoms with Crippen LogP contribution < -0.4 is 0 Å². The summed E-state index contributed by atoms with van der Waals surface area (Å²) in [4.78, 5) is 16.7. The predicted molar refractivity (Wildman–Crippen MR) is 80.6 cm³/mol. The zero-order chi connectivity index (χ0) is 10.4. The van der Waals surface area contributed by atoms with Gasteiger partial charge in [0.05, 0.1) is 6.10 Å². The van der Waals surface area contributed by atoms with Gasteiger partial charge < -0.3 is 10.2 Å². The Morgan fingerprint density at radius 1 is 0.944 bits per heavy atom. The number of hydrogen-bond acceptors (Lipinski definition) is 6. The van der Waals surface area contributed by atoms with Gasteiger partial charge in [0, 0.05) is 6.61 Å². The van der Waals surface area contributed by atoms with E-state index in [0.717, 1.165) is 12.2 Å². The Labute approximate surface area is 114 Å². The zero-order valence-corrected chi connectivity index (χ0v) is 6.70. The van der Waals surface area contributed by atoms with E-state index in [1.54, 1.807) is 6.92 Å². The number of rotatable bonds is 2. The van der Waals surface area contributed by atoms with Crippen molar-refractivity contribution < 1.29 is 19.8 Å². The van der Waals surface area contributed by atoms with Crippen LogP contribution in [-0.2, 0) is 9.59 Å². The molecule has 1 unspecified atom stereocenters. The molecule has 1 atom stereocenters. The van der Waals surface area contributed by atoms with Crippen LogP contribution in [0.3, 0.4) is 0 Å². The summed E-state index contributed by atoms with van der Waals surface area (Å²) in [5, 5.41) is 27.3. The molecule has 0 aromatic heterocycles. The number of nitrogens with one attached hydrogen (secondary N) is 2. The molecule has 0 heterocycles. The monoisotopic (exact) mass is 272 g/mol. The summed E-state index contributed by atoms with van der Waals surface area (Å²) >= 11 is 0. The molecule has 0 bridgehead atoms. The molecule has 0 aliphatic rings. The average Bonchev–Trinajstić information content (AvgIpc) is 1.89. The molecule has 118 valence electrons. The fourth-order valence-electron chi connectivity index (χ4n) is 0.187. The summed E-state index contributed by atoms with van der Waals surface area (Å²) < 4.78 is 0. The van der Waals surface area contributed by atoms with Crippen LogP contribution >= 0.6 is 0 Å². The summed E-state index contributed by atoms with van der Waals surface area (Å²) in [5.74, 6) is 0. The Bertz CT molecular complexity index is 127. The third-order valence-electron chi connectivity index (χ3n) is 0.547. The van der Waals surface area contributed by atoms with E-state index in [2.05, 4.69) is 0 Å². The van der Waals surface area contributed by atoms with E-state index >= 15 is 0 Å². The summed E-state index contributed by atoms with van der Waals surface area (Å²) in [7, 11) is 0. The van der Waals surface area contributed by atoms with Crippen LogP contribution in [0.25, 0.3) is 0 Å². The molecule has 0 rings (SSSR count). The minimum absolute atomic E-state index is 0. The topological polar surface area (TPSA) is 122 Å². The van der Waals surface area contributed by atoms with Crippen molar-refractivity contribution in [3.05, 3.63) is 0 Å². The normalized spacial score (nSPS) is 5.72. The first-order chi connectivity index (χ1) is 5.60. The highest BCUT2D eigenvalue weighted by Gasteiger charge is 1.88. The highest BCUT2D eigenvalue weighted by Crippen LogP contribution is 1.83. The maximum absolute atomic E-state index is 8.39. The van der Waals surface area contributed by atoms with E-state index in [1.165, 1.54) is 0 Å². The third-order valence-corrected chi connectivity index (χ3v) is 0.547. The number of hydrogen-bond donors (Lipinski definition) is 4. The average molecular weight is 272 g/mol. The molecule has 0 saturated heterocycles. The standard InChI is InChI=1S/C4H10O2.2CHNO.6CH4/c1-4(6)2-3-5;2*2-1-3;;;;;;/h4-6H,2-3H2,1H3;2*2H;6*1H4. The van der Waals surface area contributed by atoms with Crippen LogP contribution in [0.1, 0.15) is 57.9 Å². The molecule has 6 heteroatoms. The van der Waals surface area contributed by atoms with Crippen molar-refractivity contribution in [1.82, 2.24) is 0 Å². The summed E-state index contributed by atoms with van der Waals surface area (Å²) in [6.45, 7) is 1.73. The third kappa shape index (κ3) is 973. The largest absolute Gasteiger partial charge is 0.396 e. The quantitative estimate of drug-likeness (QED) is 0.454. The van der Waals surface area contributed by atoms with Crippen LogP contribution in [0.4, 0.5) is 0 Å². The first-order valence-corrected chi connectivity index (χ1v) is 2.97. The first kappa shape index (κ1) is 69.5. The van der Waals surface area contributed by atoms with Crippen LogP contribution in [0.2, 0.25) is 0 Å². The number of carbonyl (C=O) groups excluding carboxylic acids is 2. The Hall–Kier alpha value is -1.32. The van der Waals surface area contributed by atoms with E-state index < -0.39 is 0 Å². The Morgan fingerprint density at radius 3 is 1.11 bits per heavy atom. The van der Waals surface area contributed by atoms with Gasteiger partial charge in [-0.1, -0.05) is 44.6 Å². The van der Waals surface area contributed by atoms with Crippen LogP contribution in [-0.4, -0.2) is 35.1 Å². The number of isocyanates is 2. The summed E-state index contributed by atoms with van der Waals surface area (Å²) in [6.07, 6.45) is 1.63. The molecule has 6 nitrogen and oxygen atoms in total. The summed E-state index contributed by atoms with van der Waals surface area (Å²) in [5.41, 5.74) is 0. The van der Waals surface area contributed by atoms with Crippen molar-refractivity contribution >= 4 is 12.2 Å². The molecule has 0 spiro atoms. The van der Waals surface area contributed by atoms with Gasteiger partial charge in [-0.25, -0.2) is 20.4 Å². The maximum atomic E-state index is 8.39. The van der Waals surface area contributed by atoms with Crippen molar-refractivity contribution in [2.45, 2.75) is 64.0 Å². The van der Waals surface area contributed by atoms with Crippen molar-refractivity contribution in [3.8, 4) is 0 Å². The van der Waals surface area contributed by atoms with E-state index in [1.807, 2.05) is 0 Å². The fraction of sp³-hybridized carbons (Fsp3) is 0.833.